The standard InChI is InChI=1S/C14H15N3O/c1-2-11-9-15-14(16-10-11)17-7-8-18-13-6-4-3-5-12(13)17/h3-6,9-10H,2,7-8H2,1H3. The molecule has 18 heavy (non-hydrogen) atoms. The summed E-state index contributed by atoms with van der Waals surface area (Å²) in [4.78, 5) is 11.0. The molecule has 1 aromatic heterocycles. The van der Waals surface area contributed by atoms with Crippen molar-refractivity contribution in [1.82, 2.24) is 9.97 Å². The second kappa shape index (κ2) is 4.64. The molecule has 0 atom stereocenters. The zero-order valence-corrected chi connectivity index (χ0v) is 10.3. The second-order valence-electron chi connectivity index (χ2n) is 4.21. The first kappa shape index (κ1) is 11.0. The van der Waals surface area contributed by atoms with Gasteiger partial charge in [-0.3, -0.25) is 0 Å². The number of nitrogens with zero attached hydrogens (tertiary/aromatic N) is 3. The molecule has 3 rings (SSSR count). The van der Waals surface area contributed by atoms with Gasteiger partial charge < -0.3 is 9.64 Å². The molecule has 0 N–H and O–H groups in total. The Balaban J connectivity index is 1.97. The highest BCUT2D eigenvalue weighted by molar-refractivity contribution is 5.66. The molecule has 0 bridgehead atoms. The van der Waals surface area contributed by atoms with Crippen molar-refractivity contribution >= 4 is 11.6 Å². The molecule has 0 spiro atoms. The number of ether oxygens (including phenoxy) is 1. The fraction of sp³-hybridized carbons (Fsp3) is 0.286. The van der Waals surface area contributed by atoms with Gasteiger partial charge in [-0.1, -0.05) is 19.1 Å². The first-order chi connectivity index (χ1) is 8.88. The smallest absolute Gasteiger partial charge is 0.230 e. The van der Waals surface area contributed by atoms with Crippen molar-refractivity contribution in [2.24, 2.45) is 0 Å². The number of aromatic nitrogens is 2. The van der Waals surface area contributed by atoms with Crippen LogP contribution in [-0.2, 0) is 6.42 Å². The van der Waals surface area contributed by atoms with Crippen LogP contribution in [0.15, 0.2) is 36.7 Å². The van der Waals surface area contributed by atoms with Crippen molar-refractivity contribution in [3.8, 4) is 5.75 Å². The maximum atomic E-state index is 5.62. The third-order valence-electron chi connectivity index (χ3n) is 3.07. The Hall–Kier alpha value is -2.10. The summed E-state index contributed by atoms with van der Waals surface area (Å²) in [6.07, 6.45) is 4.74. The predicted molar refractivity (Wildman–Crippen MR) is 70.4 cm³/mol. The van der Waals surface area contributed by atoms with Crippen LogP contribution in [0.3, 0.4) is 0 Å². The van der Waals surface area contributed by atoms with E-state index in [1.165, 1.54) is 0 Å². The number of hydrogen-bond donors (Lipinski definition) is 0. The van der Waals surface area contributed by atoms with Crippen molar-refractivity contribution in [3.63, 3.8) is 0 Å². The molecule has 1 aliphatic heterocycles. The minimum atomic E-state index is 0.663. The van der Waals surface area contributed by atoms with Gasteiger partial charge in [-0.25, -0.2) is 9.97 Å². The third kappa shape index (κ3) is 1.90. The molecule has 92 valence electrons. The summed E-state index contributed by atoms with van der Waals surface area (Å²) in [5.74, 6) is 1.63. The fourth-order valence-corrected chi connectivity index (χ4v) is 2.05. The van der Waals surface area contributed by atoms with E-state index in [1.807, 2.05) is 36.7 Å². The highest BCUT2D eigenvalue weighted by atomic mass is 16.5. The summed E-state index contributed by atoms with van der Waals surface area (Å²) in [5, 5.41) is 0. The minimum Gasteiger partial charge on any atom is -0.490 e. The minimum absolute atomic E-state index is 0.663. The van der Waals surface area contributed by atoms with E-state index in [9.17, 15) is 0 Å². The Morgan fingerprint density at radius 1 is 1.22 bits per heavy atom. The molecule has 1 aromatic carbocycles. The van der Waals surface area contributed by atoms with Gasteiger partial charge in [-0.2, -0.15) is 0 Å². The molecule has 0 saturated heterocycles. The summed E-state index contributed by atoms with van der Waals surface area (Å²) in [6, 6.07) is 7.98. The van der Waals surface area contributed by atoms with Gasteiger partial charge in [0.1, 0.15) is 12.4 Å². The van der Waals surface area contributed by atoms with Crippen molar-refractivity contribution in [1.29, 1.82) is 0 Å². The number of benzene rings is 1. The molecule has 2 aromatic rings. The first-order valence-electron chi connectivity index (χ1n) is 6.19. The van der Waals surface area contributed by atoms with Crippen LogP contribution in [0, 0.1) is 0 Å². The maximum absolute atomic E-state index is 5.62. The second-order valence-corrected chi connectivity index (χ2v) is 4.21. The molecule has 4 nitrogen and oxygen atoms in total. The van der Waals surface area contributed by atoms with Crippen molar-refractivity contribution in [2.75, 3.05) is 18.1 Å². The molecule has 0 aliphatic carbocycles. The van der Waals surface area contributed by atoms with E-state index in [0.717, 1.165) is 35.9 Å². The van der Waals surface area contributed by atoms with Crippen LogP contribution < -0.4 is 9.64 Å². The van der Waals surface area contributed by atoms with E-state index in [-0.39, 0.29) is 0 Å². The fourth-order valence-electron chi connectivity index (χ4n) is 2.05. The maximum Gasteiger partial charge on any atom is 0.230 e. The van der Waals surface area contributed by atoms with Gasteiger partial charge in [-0.15, -0.1) is 0 Å². The summed E-state index contributed by atoms with van der Waals surface area (Å²) in [6.45, 7) is 3.54. The van der Waals surface area contributed by atoms with Gasteiger partial charge in [0.05, 0.1) is 12.2 Å². The van der Waals surface area contributed by atoms with Crippen molar-refractivity contribution < 1.29 is 4.74 Å². The average Bonchev–Trinajstić information content (AvgIpc) is 2.47. The molecular formula is C14H15N3O. The van der Waals surface area contributed by atoms with Crippen LogP contribution in [0.5, 0.6) is 5.75 Å². The molecule has 1 aliphatic rings. The quantitative estimate of drug-likeness (QED) is 0.810. The molecule has 0 amide bonds. The van der Waals surface area contributed by atoms with Crippen LogP contribution in [0.2, 0.25) is 0 Å². The lowest BCUT2D eigenvalue weighted by Gasteiger charge is -2.29. The van der Waals surface area contributed by atoms with Gasteiger partial charge in [0.15, 0.2) is 0 Å². The van der Waals surface area contributed by atoms with Crippen LogP contribution in [0.4, 0.5) is 11.6 Å². The molecule has 0 unspecified atom stereocenters. The zero-order chi connectivity index (χ0) is 12.4. The SMILES string of the molecule is CCc1cnc(N2CCOc3ccccc32)nc1. The van der Waals surface area contributed by atoms with Gasteiger partial charge in [0, 0.05) is 12.4 Å². The summed E-state index contributed by atoms with van der Waals surface area (Å²) in [5.41, 5.74) is 2.19. The van der Waals surface area contributed by atoms with Crippen LogP contribution in [0.1, 0.15) is 12.5 Å². The molecule has 2 heterocycles. The van der Waals surface area contributed by atoms with E-state index in [1.54, 1.807) is 0 Å². The molecule has 4 heteroatoms. The number of rotatable bonds is 2. The lowest BCUT2D eigenvalue weighted by Crippen LogP contribution is -2.29. The Labute approximate surface area is 106 Å². The number of fused-ring (bicyclic) bond motifs is 1. The Morgan fingerprint density at radius 3 is 2.78 bits per heavy atom. The Bertz CT molecular complexity index is 539. The normalized spacial score (nSPS) is 13.9. The number of hydrogen-bond acceptors (Lipinski definition) is 4. The molecule has 0 saturated carbocycles. The monoisotopic (exact) mass is 241 g/mol. The largest absolute Gasteiger partial charge is 0.490 e. The Morgan fingerprint density at radius 2 is 2.00 bits per heavy atom. The predicted octanol–water partition coefficient (Wildman–Crippen LogP) is 2.57. The number of anilines is 2. The first-order valence-corrected chi connectivity index (χ1v) is 6.19. The van der Waals surface area contributed by atoms with E-state index in [4.69, 9.17) is 4.74 Å². The van der Waals surface area contributed by atoms with E-state index < -0.39 is 0 Å². The van der Waals surface area contributed by atoms with Crippen molar-refractivity contribution in [2.45, 2.75) is 13.3 Å². The number of para-hydroxylation sites is 2. The Kier molecular flexibility index (Phi) is 2.84. The summed E-state index contributed by atoms with van der Waals surface area (Å²) >= 11 is 0. The zero-order valence-electron chi connectivity index (χ0n) is 10.3. The number of aryl methyl sites for hydroxylation is 1. The topological polar surface area (TPSA) is 38.2 Å². The highest BCUT2D eigenvalue weighted by Crippen LogP contribution is 2.34. The van der Waals surface area contributed by atoms with Gasteiger partial charge in [-0.05, 0) is 24.1 Å². The van der Waals surface area contributed by atoms with Crippen molar-refractivity contribution in [3.05, 3.63) is 42.2 Å². The van der Waals surface area contributed by atoms with E-state index in [2.05, 4.69) is 21.8 Å². The third-order valence-corrected chi connectivity index (χ3v) is 3.07. The average molecular weight is 241 g/mol. The van der Waals surface area contributed by atoms with Crippen LogP contribution in [0.25, 0.3) is 0 Å². The molecule has 0 radical (unpaired) electrons. The van der Waals surface area contributed by atoms with Gasteiger partial charge in [0.25, 0.3) is 0 Å². The lowest BCUT2D eigenvalue weighted by atomic mass is 10.2. The summed E-state index contributed by atoms with van der Waals surface area (Å²) in [7, 11) is 0. The van der Waals surface area contributed by atoms with E-state index >= 15 is 0 Å². The van der Waals surface area contributed by atoms with Gasteiger partial charge in [0.2, 0.25) is 5.95 Å². The lowest BCUT2D eigenvalue weighted by molar-refractivity contribution is 0.313. The van der Waals surface area contributed by atoms with Crippen LogP contribution >= 0.6 is 0 Å². The summed E-state index contributed by atoms with van der Waals surface area (Å²) < 4.78 is 5.62. The molecule has 0 fully saturated rings. The van der Waals surface area contributed by atoms with E-state index in [0.29, 0.717) is 6.61 Å². The van der Waals surface area contributed by atoms with Gasteiger partial charge >= 0.3 is 0 Å². The molecular weight excluding hydrogens is 226 g/mol. The highest BCUT2D eigenvalue weighted by Gasteiger charge is 2.20. The van der Waals surface area contributed by atoms with Crippen LogP contribution in [-0.4, -0.2) is 23.1 Å².